The van der Waals surface area contributed by atoms with Gasteiger partial charge in [0.15, 0.2) is 11.5 Å². The fourth-order valence-corrected chi connectivity index (χ4v) is 1.81. The van der Waals surface area contributed by atoms with Gasteiger partial charge in [-0.1, -0.05) is 6.07 Å². The number of phenolic OH excluding ortho intramolecular Hbond substituents is 2. The maximum atomic E-state index is 12.2. The molecule has 0 aliphatic heterocycles. The monoisotopic (exact) mass is 261 g/mol. The van der Waals surface area contributed by atoms with E-state index in [9.17, 15) is 15.0 Å². The minimum absolute atomic E-state index is 0.0754. The molecule has 1 heterocycles. The molecule has 0 radical (unpaired) electrons. The highest BCUT2D eigenvalue weighted by Crippen LogP contribution is 2.29. The summed E-state index contributed by atoms with van der Waals surface area (Å²) in [5.74, 6) is -1.07. The van der Waals surface area contributed by atoms with E-state index in [-0.39, 0.29) is 17.2 Å². The maximum absolute atomic E-state index is 12.2. The highest BCUT2D eigenvalue weighted by Gasteiger charge is 2.18. The number of para-hydroxylation sites is 1. The number of aromatic nitrogens is 2. The fraction of sp³-hybridized carbons (Fsp3) is 0.231. The highest BCUT2D eigenvalue weighted by molar-refractivity contribution is 5.97. The van der Waals surface area contributed by atoms with E-state index in [1.165, 1.54) is 23.1 Å². The molecule has 0 spiro atoms. The van der Waals surface area contributed by atoms with Crippen molar-refractivity contribution in [1.29, 1.82) is 0 Å². The van der Waals surface area contributed by atoms with E-state index in [2.05, 4.69) is 5.10 Å². The number of hydrogen-bond acceptors (Lipinski definition) is 4. The van der Waals surface area contributed by atoms with E-state index in [0.717, 1.165) is 5.56 Å². The molecule has 0 fully saturated rings. The first-order valence-corrected chi connectivity index (χ1v) is 5.73. The molecule has 1 amide bonds. The minimum atomic E-state index is -0.398. The van der Waals surface area contributed by atoms with Crippen LogP contribution >= 0.6 is 0 Å². The van der Waals surface area contributed by atoms with Crippen LogP contribution in [0, 0.1) is 0 Å². The van der Waals surface area contributed by atoms with Crippen LogP contribution in [0.25, 0.3) is 0 Å². The molecule has 1 aromatic carbocycles. The SMILES string of the molecule is CN(Cc1cnn(C)c1)C(=O)c1cccc(O)c1O. The lowest BCUT2D eigenvalue weighted by atomic mass is 10.1. The molecule has 2 aromatic rings. The molecule has 0 aliphatic rings. The second-order valence-electron chi connectivity index (χ2n) is 4.36. The average Bonchev–Trinajstić information content (AvgIpc) is 2.77. The smallest absolute Gasteiger partial charge is 0.257 e. The Bertz CT molecular complexity index is 607. The number of carbonyl (C=O) groups excluding carboxylic acids is 1. The molecule has 0 unspecified atom stereocenters. The number of aromatic hydroxyl groups is 2. The van der Waals surface area contributed by atoms with Gasteiger partial charge in [-0.15, -0.1) is 0 Å². The topological polar surface area (TPSA) is 78.6 Å². The highest BCUT2D eigenvalue weighted by atomic mass is 16.3. The molecule has 6 heteroatoms. The lowest BCUT2D eigenvalue weighted by Crippen LogP contribution is -2.26. The van der Waals surface area contributed by atoms with Crippen LogP contribution in [-0.2, 0) is 13.6 Å². The summed E-state index contributed by atoms with van der Waals surface area (Å²) in [7, 11) is 3.42. The zero-order chi connectivity index (χ0) is 14.0. The summed E-state index contributed by atoms with van der Waals surface area (Å²) in [4.78, 5) is 13.6. The molecular weight excluding hydrogens is 246 g/mol. The number of rotatable bonds is 3. The maximum Gasteiger partial charge on any atom is 0.257 e. The molecule has 0 saturated carbocycles. The molecule has 19 heavy (non-hydrogen) atoms. The van der Waals surface area contributed by atoms with E-state index in [4.69, 9.17) is 0 Å². The van der Waals surface area contributed by atoms with Crippen LogP contribution in [-0.4, -0.2) is 37.8 Å². The van der Waals surface area contributed by atoms with Gasteiger partial charge in [-0.05, 0) is 12.1 Å². The Hall–Kier alpha value is -2.50. The number of phenols is 2. The Labute approximate surface area is 110 Å². The van der Waals surface area contributed by atoms with Crippen LogP contribution in [0.1, 0.15) is 15.9 Å². The van der Waals surface area contributed by atoms with Gasteiger partial charge in [0.2, 0.25) is 0 Å². The lowest BCUT2D eigenvalue weighted by molar-refractivity contribution is 0.0781. The van der Waals surface area contributed by atoms with Crippen molar-refractivity contribution in [3.63, 3.8) is 0 Å². The molecule has 100 valence electrons. The molecule has 2 rings (SSSR count). The summed E-state index contributed by atoms with van der Waals surface area (Å²) in [6, 6.07) is 4.31. The number of nitrogens with zero attached hydrogens (tertiary/aromatic N) is 3. The van der Waals surface area contributed by atoms with E-state index < -0.39 is 5.75 Å². The number of aryl methyl sites for hydroxylation is 1. The van der Waals surface area contributed by atoms with Gasteiger partial charge >= 0.3 is 0 Å². The Morgan fingerprint density at radius 2 is 2.16 bits per heavy atom. The van der Waals surface area contributed by atoms with Gasteiger partial charge in [-0.3, -0.25) is 9.48 Å². The van der Waals surface area contributed by atoms with Crippen molar-refractivity contribution in [2.45, 2.75) is 6.54 Å². The number of benzene rings is 1. The van der Waals surface area contributed by atoms with Crippen LogP contribution in [0.4, 0.5) is 0 Å². The standard InChI is InChI=1S/C13H15N3O3/c1-15(7-9-6-14-16(2)8-9)13(19)10-4-3-5-11(17)12(10)18/h3-6,8,17-18H,7H2,1-2H3. The quantitative estimate of drug-likeness (QED) is 0.811. The van der Waals surface area contributed by atoms with Gasteiger partial charge in [0.25, 0.3) is 5.91 Å². The normalized spacial score (nSPS) is 10.4. The summed E-state index contributed by atoms with van der Waals surface area (Å²) in [6.07, 6.45) is 3.48. The van der Waals surface area contributed by atoms with Gasteiger partial charge in [0.05, 0.1) is 11.8 Å². The first-order valence-electron chi connectivity index (χ1n) is 5.73. The van der Waals surface area contributed by atoms with E-state index >= 15 is 0 Å². The molecule has 0 bridgehead atoms. The third-order valence-electron chi connectivity index (χ3n) is 2.77. The molecule has 0 aliphatic carbocycles. The zero-order valence-corrected chi connectivity index (χ0v) is 10.7. The van der Waals surface area contributed by atoms with Gasteiger partial charge in [-0.2, -0.15) is 5.10 Å². The van der Waals surface area contributed by atoms with Gasteiger partial charge in [0, 0.05) is 32.4 Å². The molecule has 0 saturated heterocycles. The number of carbonyl (C=O) groups is 1. The van der Waals surface area contributed by atoms with E-state index in [1.807, 2.05) is 6.20 Å². The summed E-state index contributed by atoms with van der Waals surface area (Å²) in [5.41, 5.74) is 0.962. The van der Waals surface area contributed by atoms with Gasteiger partial charge in [0.1, 0.15) is 0 Å². The summed E-state index contributed by atoms with van der Waals surface area (Å²) in [6.45, 7) is 0.377. The molecule has 2 N–H and O–H groups in total. The predicted molar refractivity (Wildman–Crippen MR) is 68.8 cm³/mol. The van der Waals surface area contributed by atoms with Crippen LogP contribution in [0.5, 0.6) is 11.5 Å². The Morgan fingerprint density at radius 3 is 2.79 bits per heavy atom. The molecule has 6 nitrogen and oxygen atoms in total. The van der Waals surface area contributed by atoms with Crippen LogP contribution in [0.2, 0.25) is 0 Å². The van der Waals surface area contributed by atoms with Crippen LogP contribution < -0.4 is 0 Å². The minimum Gasteiger partial charge on any atom is -0.504 e. The van der Waals surface area contributed by atoms with Crippen molar-refractivity contribution < 1.29 is 15.0 Å². The van der Waals surface area contributed by atoms with E-state index in [1.54, 1.807) is 25.0 Å². The molecule has 1 aromatic heterocycles. The number of hydrogen-bond donors (Lipinski definition) is 2. The molecular formula is C13H15N3O3. The first kappa shape index (κ1) is 12.9. The fourth-order valence-electron chi connectivity index (χ4n) is 1.81. The largest absolute Gasteiger partial charge is 0.504 e. The van der Waals surface area contributed by atoms with Crippen molar-refractivity contribution in [3.05, 3.63) is 41.7 Å². The van der Waals surface area contributed by atoms with Gasteiger partial charge in [-0.25, -0.2) is 0 Å². The first-order chi connectivity index (χ1) is 8.99. The lowest BCUT2D eigenvalue weighted by Gasteiger charge is -2.17. The van der Waals surface area contributed by atoms with Gasteiger partial charge < -0.3 is 15.1 Å². The summed E-state index contributed by atoms with van der Waals surface area (Å²) in [5, 5.41) is 23.1. The van der Waals surface area contributed by atoms with Crippen molar-refractivity contribution in [1.82, 2.24) is 14.7 Å². The van der Waals surface area contributed by atoms with Crippen LogP contribution in [0.15, 0.2) is 30.6 Å². The third-order valence-corrected chi connectivity index (χ3v) is 2.77. The Kier molecular flexibility index (Phi) is 3.41. The van der Waals surface area contributed by atoms with Crippen molar-refractivity contribution >= 4 is 5.91 Å². The van der Waals surface area contributed by atoms with Crippen molar-refractivity contribution in [3.8, 4) is 11.5 Å². The Morgan fingerprint density at radius 1 is 1.42 bits per heavy atom. The molecule has 0 atom stereocenters. The van der Waals surface area contributed by atoms with Crippen LogP contribution in [0.3, 0.4) is 0 Å². The van der Waals surface area contributed by atoms with Crippen molar-refractivity contribution in [2.24, 2.45) is 7.05 Å². The van der Waals surface area contributed by atoms with E-state index in [0.29, 0.717) is 6.54 Å². The average molecular weight is 261 g/mol. The van der Waals surface area contributed by atoms with Crippen molar-refractivity contribution in [2.75, 3.05) is 7.05 Å². The predicted octanol–water partition coefficient (Wildman–Crippen LogP) is 1.10. The Balaban J connectivity index is 2.17. The third kappa shape index (κ3) is 2.67. The second-order valence-corrected chi connectivity index (χ2v) is 4.36. The number of amides is 1. The summed E-state index contributed by atoms with van der Waals surface area (Å²) >= 11 is 0. The zero-order valence-electron chi connectivity index (χ0n) is 10.7. The second kappa shape index (κ2) is 5.01. The summed E-state index contributed by atoms with van der Waals surface area (Å²) < 4.78 is 1.65.